The fourth-order valence-electron chi connectivity index (χ4n) is 1.57. The molecule has 2 heterocycles. The van der Waals surface area contributed by atoms with Crippen LogP contribution in [0.15, 0.2) is 24.3 Å². The number of anilines is 1. The zero-order valence-electron chi connectivity index (χ0n) is 8.85. The Morgan fingerprint density at radius 1 is 1.39 bits per heavy atom. The van der Waals surface area contributed by atoms with Crippen LogP contribution in [0.1, 0.15) is 0 Å². The van der Waals surface area contributed by atoms with Crippen LogP contribution in [0.2, 0.25) is 0 Å². The molecule has 0 saturated heterocycles. The lowest BCUT2D eigenvalue weighted by Gasteiger charge is -1.96. The predicted octanol–water partition coefficient (Wildman–Crippen LogP) is 1.34. The van der Waals surface area contributed by atoms with Gasteiger partial charge in [0.1, 0.15) is 0 Å². The molecule has 18 heavy (non-hydrogen) atoms. The minimum absolute atomic E-state index is 0.00699. The number of non-ortho nitro benzene ring substituents is 1. The van der Waals surface area contributed by atoms with Crippen LogP contribution >= 0.6 is 11.3 Å². The van der Waals surface area contributed by atoms with E-state index in [1.165, 1.54) is 28.0 Å². The molecule has 2 N–H and O–H groups in total. The first kappa shape index (κ1) is 10.6. The molecular weight excluding hydrogens is 256 g/mol. The lowest BCUT2D eigenvalue weighted by molar-refractivity contribution is -0.384. The zero-order chi connectivity index (χ0) is 12.7. The van der Waals surface area contributed by atoms with E-state index in [0.717, 1.165) is 0 Å². The summed E-state index contributed by atoms with van der Waals surface area (Å²) in [5.41, 5.74) is 6.13. The molecule has 0 radical (unpaired) electrons. The Morgan fingerprint density at radius 2 is 2.22 bits per heavy atom. The maximum atomic E-state index is 10.7. The van der Waals surface area contributed by atoms with E-state index in [0.29, 0.717) is 21.5 Å². The molecule has 0 saturated carbocycles. The van der Waals surface area contributed by atoms with Gasteiger partial charge in [-0.15, -0.1) is 15.3 Å². The summed E-state index contributed by atoms with van der Waals surface area (Å²) in [5.74, 6) is 0.432. The average Bonchev–Trinajstić information content (AvgIpc) is 2.87. The summed E-state index contributed by atoms with van der Waals surface area (Å²) < 4.78 is 1.47. The monoisotopic (exact) mass is 262 g/mol. The number of nitro benzene ring substituents is 1. The van der Waals surface area contributed by atoms with Gasteiger partial charge in [-0.2, -0.15) is 4.52 Å². The zero-order valence-corrected chi connectivity index (χ0v) is 9.66. The smallest absolute Gasteiger partial charge is 0.270 e. The first-order chi connectivity index (χ1) is 8.65. The van der Waals surface area contributed by atoms with Crippen molar-refractivity contribution in [2.75, 3.05) is 5.73 Å². The Hall–Kier alpha value is -2.55. The van der Waals surface area contributed by atoms with Gasteiger partial charge in [0.05, 0.1) is 4.92 Å². The molecule has 3 aromatic rings. The van der Waals surface area contributed by atoms with E-state index in [1.807, 2.05) is 0 Å². The molecule has 0 amide bonds. The molecule has 9 heteroatoms. The quantitative estimate of drug-likeness (QED) is 0.551. The summed E-state index contributed by atoms with van der Waals surface area (Å²) >= 11 is 1.20. The molecule has 8 nitrogen and oxygen atoms in total. The summed E-state index contributed by atoms with van der Waals surface area (Å²) in [7, 11) is 0. The summed E-state index contributed by atoms with van der Waals surface area (Å²) in [4.78, 5) is 10.8. The van der Waals surface area contributed by atoms with Crippen LogP contribution in [-0.4, -0.2) is 24.7 Å². The maximum absolute atomic E-state index is 10.7. The van der Waals surface area contributed by atoms with E-state index in [-0.39, 0.29) is 5.69 Å². The second-order valence-electron chi connectivity index (χ2n) is 3.47. The number of aromatic nitrogens is 4. The molecule has 0 spiro atoms. The van der Waals surface area contributed by atoms with Gasteiger partial charge in [-0.05, 0) is 0 Å². The van der Waals surface area contributed by atoms with Gasteiger partial charge < -0.3 is 5.73 Å². The van der Waals surface area contributed by atoms with Crippen molar-refractivity contribution in [1.82, 2.24) is 19.8 Å². The number of nitrogens with zero attached hydrogens (tertiary/aromatic N) is 5. The Kier molecular flexibility index (Phi) is 2.20. The maximum Gasteiger partial charge on any atom is 0.270 e. The van der Waals surface area contributed by atoms with Crippen molar-refractivity contribution in [2.45, 2.75) is 0 Å². The van der Waals surface area contributed by atoms with Crippen LogP contribution in [0, 0.1) is 10.1 Å². The minimum Gasteiger partial charge on any atom is -0.374 e. The first-order valence-corrected chi connectivity index (χ1v) is 5.69. The SMILES string of the molecule is Nc1nn2c(-c3cccc([N+](=O)[O-])c3)nnc2s1. The number of benzene rings is 1. The molecule has 0 fully saturated rings. The summed E-state index contributed by atoms with van der Waals surface area (Å²) in [6, 6.07) is 6.13. The highest BCUT2D eigenvalue weighted by Gasteiger charge is 2.14. The third-order valence-corrected chi connectivity index (χ3v) is 3.05. The number of nitrogen functional groups attached to an aromatic ring is 1. The molecule has 0 unspecified atom stereocenters. The van der Waals surface area contributed by atoms with Crippen molar-refractivity contribution in [2.24, 2.45) is 0 Å². The predicted molar refractivity (Wildman–Crippen MR) is 65.2 cm³/mol. The topological polar surface area (TPSA) is 112 Å². The molecular formula is C9H6N6O2S. The second-order valence-corrected chi connectivity index (χ2v) is 4.45. The van der Waals surface area contributed by atoms with Gasteiger partial charge in [-0.25, -0.2) is 0 Å². The van der Waals surface area contributed by atoms with Crippen LogP contribution in [0.25, 0.3) is 16.3 Å². The number of hydrogen-bond donors (Lipinski definition) is 1. The molecule has 0 atom stereocenters. The number of rotatable bonds is 2. The largest absolute Gasteiger partial charge is 0.374 e. The van der Waals surface area contributed by atoms with E-state index >= 15 is 0 Å². The molecule has 0 bridgehead atoms. The molecule has 90 valence electrons. The molecule has 1 aromatic carbocycles. The fraction of sp³-hybridized carbons (Fsp3) is 0. The van der Waals surface area contributed by atoms with Gasteiger partial charge in [0.25, 0.3) is 5.69 Å². The number of hydrogen-bond acceptors (Lipinski definition) is 7. The van der Waals surface area contributed by atoms with Crippen LogP contribution in [0.3, 0.4) is 0 Å². The van der Waals surface area contributed by atoms with Crippen molar-refractivity contribution < 1.29 is 4.92 Å². The van der Waals surface area contributed by atoms with E-state index in [2.05, 4.69) is 15.3 Å². The average molecular weight is 262 g/mol. The van der Waals surface area contributed by atoms with Crippen LogP contribution in [0.5, 0.6) is 0 Å². The Labute approximate surface area is 104 Å². The van der Waals surface area contributed by atoms with Gasteiger partial charge in [-0.1, -0.05) is 23.5 Å². The van der Waals surface area contributed by atoms with Gasteiger partial charge in [0.15, 0.2) is 5.82 Å². The highest BCUT2D eigenvalue weighted by atomic mass is 32.1. The van der Waals surface area contributed by atoms with Crippen LogP contribution in [-0.2, 0) is 0 Å². The highest BCUT2D eigenvalue weighted by Crippen LogP contribution is 2.25. The number of fused-ring (bicyclic) bond motifs is 1. The summed E-state index contributed by atoms with van der Waals surface area (Å²) in [5, 5.41) is 23.0. The Bertz CT molecular complexity index is 748. The van der Waals surface area contributed by atoms with E-state index < -0.39 is 4.92 Å². The van der Waals surface area contributed by atoms with Gasteiger partial charge >= 0.3 is 0 Å². The van der Waals surface area contributed by atoms with Crippen LogP contribution in [0.4, 0.5) is 10.8 Å². The van der Waals surface area contributed by atoms with Gasteiger partial charge in [0, 0.05) is 17.7 Å². The number of nitro groups is 1. The molecule has 0 aliphatic heterocycles. The number of nitrogens with two attached hydrogens (primary N) is 1. The summed E-state index contributed by atoms with van der Waals surface area (Å²) in [6.07, 6.45) is 0. The minimum atomic E-state index is -0.461. The highest BCUT2D eigenvalue weighted by molar-refractivity contribution is 7.20. The van der Waals surface area contributed by atoms with Crippen molar-refractivity contribution >= 4 is 27.1 Å². The van der Waals surface area contributed by atoms with E-state index in [4.69, 9.17) is 5.73 Å². The molecule has 2 aromatic heterocycles. The van der Waals surface area contributed by atoms with Crippen molar-refractivity contribution in [3.8, 4) is 11.4 Å². The van der Waals surface area contributed by atoms with Crippen molar-refractivity contribution in [1.29, 1.82) is 0 Å². The van der Waals surface area contributed by atoms with Crippen LogP contribution < -0.4 is 5.73 Å². The lowest BCUT2D eigenvalue weighted by atomic mass is 10.2. The van der Waals surface area contributed by atoms with E-state index in [1.54, 1.807) is 12.1 Å². The molecule has 3 rings (SSSR count). The Morgan fingerprint density at radius 3 is 3.00 bits per heavy atom. The van der Waals surface area contributed by atoms with Gasteiger partial charge in [-0.3, -0.25) is 10.1 Å². The van der Waals surface area contributed by atoms with Crippen molar-refractivity contribution in [3.05, 3.63) is 34.4 Å². The molecule has 0 aliphatic carbocycles. The first-order valence-electron chi connectivity index (χ1n) is 4.88. The van der Waals surface area contributed by atoms with E-state index in [9.17, 15) is 10.1 Å². The van der Waals surface area contributed by atoms with Crippen molar-refractivity contribution in [3.63, 3.8) is 0 Å². The molecule has 0 aliphatic rings. The third kappa shape index (κ3) is 1.57. The Balaban J connectivity index is 2.19. The normalized spacial score (nSPS) is 10.9. The third-order valence-electron chi connectivity index (χ3n) is 2.32. The second kappa shape index (κ2) is 3.74. The van der Waals surface area contributed by atoms with Gasteiger partial charge in [0.2, 0.25) is 10.1 Å². The lowest BCUT2D eigenvalue weighted by Crippen LogP contribution is -1.94. The fourth-order valence-corrected chi connectivity index (χ4v) is 2.18. The summed E-state index contributed by atoms with van der Waals surface area (Å²) in [6.45, 7) is 0. The standard InChI is InChI=1S/C9H6N6O2S/c10-8-13-14-7(11-12-9(14)18-8)5-2-1-3-6(4-5)15(16)17/h1-4H,(H2,10,13).